The zero-order chi connectivity index (χ0) is 53.8. The fourth-order valence-electron chi connectivity index (χ4n) is 5.40. The molecular weight excluding hydrogens is 1040 g/mol. The van der Waals surface area contributed by atoms with Gasteiger partial charge in [0, 0.05) is 18.3 Å². The average molecular weight is 1160 g/mol. The molecule has 80 heavy (non-hydrogen) atoms. The van der Waals surface area contributed by atoms with Crippen molar-refractivity contribution in [3.05, 3.63) is 0 Å². The fraction of sp³-hybridized carbons (Fsp3) is 0.833. The molecule has 0 aromatic rings. The molecule has 5 saturated heterocycles. The van der Waals surface area contributed by atoms with Crippen molar-refractivity contribution in [2.45, 2.75) is 266 Å². The molecule has 0 aromatic heterocycles. The maximum Gasteiger partial charge on any atom is 0.348 e. The van der Waals surface area contributed by atoms with Crippen LogP contribution in [-0.4, -0.2) is 123 Å². The third kappa shape index (κ3) is 32.2. The van der Waals surface area contributed by atoms with Crippen LogP contribution in [0.5, 0.6) is 0 Å². The van der Waals surface area contributed by atoms with Gasteiger partial charge in [0.15, 0.2) is 0 Å². The Morgan fingerprint density at radius 3 is 1.09 bits per heavy atom. The minimum absolute atomic E-state index is 0. The zero-order valence-corrected chi connectivity index (χ0v) is 44.1. The summed E-state index contributed by atoms with van der Waals surface area (Å²) < 4.78 is 49.1. The van der Waals surface area contributed by atoms with Gasteiger partial charge >= 0.3 is 59.7 Å². The predicted molar refractivity (Wildman–Crippen MR) is 315 cm³/mol. The average Bonchev–Trinajstić information content (AvgIpc) is 4.16. The summed E-state index contributed by atoms with van der Waals surface area (Å²) in [5.74, 6) is -3.61. The molecule has 7 unspecified atom stereocenters. The summed E-state index contributed by atoms with van der Waals surface area (Å²) in [6.45, 7) is 29.2. The van der Waals surface area contributed by atoms with Gasteiger partial charge in [-0.2, -0.15) is 0 Å². The van der Waals surface area contributed by atoms with Gasteiger partial charge in [0.1, 0.15) is 32.0 Å². The number of esters is 10. The van der Waals surface area contributed by atoms with Gasteiger partial charge in [-0.25, -0.2) is 14.4 Å². The Balaban J connectivity index is -0.0000000930. The Morgan fingerprint density at radius 2 is 0.800 bits per heavy atom. The number of carbonyl (C=O) groups excluding carboxylic acids is 10. The number of cyclic esters (lactones) is 5. The molecule has 20 heteroatoms. The molecule has 5 rings (SSSR count). The minimum Gasteiger partial charge on any atom is -0.463 e. The third-order valence-electron chi connectivity index (χ3n) is 12.6. The van der Waals surface area contributed by atoms with Crippen molar-refractivity contribution in [1.82, 2.24) is 0 Å². The minimum atomic E-state index is -0.772. The molecule has 7 atom stereocenters. The molecule has 0 aliphatic carbocycles. The topological polar surface area (TPSA) is 263 Å². The van der Waals surface area contributed by atoms with Crippen LogP contribution in [0.3, 0.4) is 0 Å². The first-order valence-electron chi connectivity index (χ1n) is 24.3. The molecule has 5 aliphatic rings. The van der Waals surface area contributed by atoms with Crippen LogP contribution in [0.2, 0.25) is 0 Å². The zero-order valence-electron chi connectivity index (χ0n) is 44.1. The second kappa shape index (κ2) is 44.4. The van der Waals surface area contributed by atoms with E-state index in [4.69, 9.17) is 37.9 Å². The van der Waals surface area contributed by atoms with E-state index in [1.165, 1.54) is 0 Å². The van der Waals surface area contributed by atoms with Gasteiger partial charge in [0.05, 0.1) is 54.1 Å². The van der Waals surface area contributed by atoms with Gasteiger partial charge in [-0.05, 0) is 73.6 Å². The molecule has 5 fully saturated rings. The Hall–Kier alpha value is -5.30. The first-order valence-corrected chi connectivity index (χ1v) is 24.3. The number of hydrogen-bond acceptors (Lipinski definition) is 20. The molecule has 0 spiro atoms. The van der Waals surface area contributed by atoms with Crippen molar-refractivity contribution in [2.75, 3.05) is 33.0 Å². The van der Waals surface area contributed by atoms with Gasteiger partial charge in [0.25, 0.3) is 0 Å². The largest absolute Gasteiger partial charge is 0.463 e. The van der Waals surface area contributed by atoms with Crippen LogP contribution in [0.25, 0.3) is 0 Å². The molecule has 0 saturated carbocycles. The number of ether oxygens (including phenoxy) is 10. The summed E-state index contributed by atoms with van der Waals surface area (Å²) in [4.78, 5) is 112. The first-order chi connectivity index (χ1) is 32.4. The first kappa shape index (κ1) is 96.9. The summed E-state index contributed by atoms with van der Waals surface area (Å²) in [6, 6.07) is 0. The molecule has 20 nitrogen and oxygen atoms in total. The van der Waals surface area contributed by atoms with Gasteiger partial charge in [-0.15, -0.1) is 0 Å². The maximum absolute atomic E-state index is 11.9. The summed E-state index contributed by atoms with van der Waals surface area (Å²) in [5.41, 5.74) is -2.00. The standard InChI is InChI=1S/C12H20O4.2C10H16O4.2C9H14O4.10CH4/c1-6-11(2,3)10(14)16-8-9(13)15-7-12(8,4)5;1-4-10(2,3)9(12)14-7-5-8(11)13-6-7;1-4-10(2,3)9(12)14-7-5-6-13-8(7)11;1-3-6(2)9(11)13-7-4-8(10)12-5-7;1-3-6(2)8(10)13-7-4-5-12-9(7)11;;;;;;;;;;/h8H,6-7H2,1-5H3;2*7H,4-6H2,1-3H3;2*6-7H,3-5H2,1-2H3;10*1H4. The maximum atomic E-state index is 11.9. The lowest BCUT2D eigenvalue weighted by Crippen LogP contribution is -2.39. The second-order valence-electron chi connectivity index (χ2n) is 20.3. The summed E-state index contributed by atoms with van der Waals surface area (Å²) in [6.07, 6.45) is 2.02. The SMILES string of the molecule is C.C.C.C.C.C.C.C.C.C.CCC(C)(C)C(=O)OC1C(=O)OCC1(C)C.CCC(C)(C)C(=O)OC1CCOC1=O.CCC(C)(C)C(=O)OC1COC(=O)C1.CCC(C)C(=O)OC1CCOC1=O.CCC(C)C(=O)OC1COC(=O)C1. The molecule has 5 aliphatic heterocycles. The molecule has 0 amide bonds. The normalized spacial score (nSPS) is 20.2. The van der Waals surface area contributed by atoms with Gasteiger partial charge in [-0.1, -0.05) is 137 Å². The van der Waals surface area contributed by atoms with Crippen LogP contribution in [0.15, 0.2) is 0 Å². The van der Waals surface area contributed by atoms with E-state index in [1.807, 2.05) is 76.2 Å². The molecular formula is C60H120O20. The Morgan fingerprint density at radius 1 is 0.475 bits per heavy atom. The monoisotopic (exact) mass is 1160 g/mol. The Labute approximate surface area is 486 Å². The van der Waals surface area contributed by atoms with E-state index in [1.54, 1.807) is 27.7 Å². The Bertz CT molecular complexity index is 1820. The van der Waals surface area contributed by atoms with Crippen molar-refractivity contribution >= 4 is 59.7 Å². The van der Waals surface area contributed by atoms with E-state index in [-0.39, 0.29) is 166 Å². The Kier molecular flexibility index (Phi) is 53.8. The van der Waals surface area contributed by atoms with Crippen LogP contribution in [-0.2, 0) is 95.3 Å². The van der Waals surface area contributed by atoms with Crippen molar-refractivity contribution in [3.63, 3.8) is 0 Å². The molecule has 0 aromatic carbocycles. The van der Waals surface area contributed by atoms with Crippen LogP contribution < -0.4 is 0 Å². The van der Waals surface area contributed by atoms with Gasteiger partial charge in [-0.3, -0.25) is 33.6 Å². The molecule has 480 valence electrons. The van der Waals surface area contributed by atoms with E-state index >= 15 is 0 Å². The number of carbonyl (C=O) groups is 10. The van der Waals surface area contributed by atoms with E-state index in [2.05, 4.69) is 9.47 Å². The summed E-state index contributed by atoms with van der Waals surface area (Å²) in [5, 5.41) is 0. The van der Waals surface area contributed by atoms with Gasteiger partial charge in [0.2, 0.25) is 18.3 Å². The fourth-order valence-corrected chi connectivity index (χ4v) is 5.40. The van der Waals surface area contributed by atoms with Gasteiger partial charge < -0.3 is 47.4 Å². The van der Waals surface area contributed by atoms with Crippen LogP contribution in [0, 0.1) is 33.5 Å². The second-order valence-corrected chi connectivity index (χ2v) is 20.3. The number of rotatable bonds is 15. The van der Waals surface area contributed by atoms with Crippen molar-refractivity contribution in [3.8, 4) is 0 Å². The predicted octanol–water partition coefficient (Wildman–Crippen LogP) is 12.6. The molecule has 0 bridgehead atoms. The third-order valence-corrected chi connectivity index (χ3v) is 12.6. The summed E-state index contributed by atoms with van der Waals surface area (Å²) in [7, 11) is 0. The quantitative estimate of drug-likeness (QED) is 0.109. The lowest BCUT2D eigenvalue weighted by Gasteiger charge is -2.27. The highest BCUT2D eigenvalue weighted by Crippen LogP contribution is 2.34. The van der Waals surface area contributed by atoms with Crippen molar-refractivity contribution < 1.29 is 95.3 Å². The van der Waals surface area contributed by atoms with E-state index < -0.39 is 57.9 Å². The van der Waals surface area contributed by atoms with Crippen LogP contribution in [0.4, 0.5) is 0 Å². The van der Waals surface area contributed by atoms with E-state index in [0.29, 0.717) is 51.9 Å². The number of hydrogen-bond donors (Lipinski definition) is 0. The van der Waals surface area contributed by atoms with Crippen molar-refractivity contribution in [1.29, 1.82) is 0 Å². The smallest absolute Gasteiger partial charge is 0.348 e. The molecule has 0 radical (unpaired) electrons. The highest BCUT2D eigenvalue weighted by Gasteiger charge is 2.48. The van der Waals surface area contributed by atoms with Crippen molar-refractivity contribution in [2.24, 2.45) is 33.5 Å². The lowest BCUT2D eigenvalue weighted by molar-refractivity contribution is -0.170. The van der Waals surface area contributed by atoms with Crippen LogP contribution in [0.1, 0.15) is 236 Å². The van der Waals surface area contributed by atoms with Crippen LogP contribution >= 0.6 is 0 Å². The lowest BCUT2D eigenvalue weighted by atomic mass is 9.88. The van der Waals surface area contributed by atoms with E-state index in [9.17, 15) is 47.9 Å². The summed E-state index contributed by atoms with van der Waals surface area (Å²) >= 11 is 0. The highest BCUT2D eigenvalue weighted by atomic mass is 16.6. The molecule has 0 N–H and O–H groups in total. The van der Waals surface area contributed by atoms with E-state index in [0.717, 1.165) is 12.8 Å². The molecule has 5 heterocycles. The highest BCUT2D eigenvalue weighted by molar-refractivity contribution is 5.84.